The van der Waals surface area contributed by atoms with E-state index in [0.29, 0.717) is 6.42 Å². The van der Waals surface area contributed by atoms with Gasteiger partial charge in [0.15, 0.2) is 0 Å². The maximum atomic E-state index is 10.9. The Labute approximate surface area is 101 Å². The Hall–Kier alpha value is -1.39. The number of halogens is 1. The summed E-state index contributed by atoms with van der Waals surface area (Å²) in [6.45, 7) is 0. The molecule has 0 radical (unpaired) electrons. The van der Waals surface area contributed by atoms with E-state index in [0.717, 1.165) is 10.6 Å². The van der Waals surface area contributed by atoms with Gasteiger partial charge in [-0.05, 0) is 17.7 Å². The van der Waals surface area contributed by atoms with Crippen LogP contribution in [-0.2, 0) is 6.42 Å². The molecule has 0 spiro atoms. The number of rotatable bonds is 3. The van der Waals surface area contributed by atoms with Gasteiger partial charge in [0.1, 0.15) is 0 Å². The number of thiazole rings is 1. The Kier molecular flexibility index (Phi) is 3.22. The van der Waals surface area contributed by atoms with Crippen LogP contribution in [0.15, 0.2) is 29.8 Å². The number of nitrogens with zero attached hydrogens (tertiary/aromatic N) is 1. The van der Waals surface area contributed by atoms with Crippen LogP contribution in [0.25, 0.3) is 0 Å². The van der Waals surface area contributed by atoms with Gasteiger partial charge in [-0.2, -0.15) is 0 Å². The Balaban J connectivity index is 2.29. The lowest BCUT2D eigenvalue weighted by Crippen LogP contribution is -1.99. The van der Waals surface area contributed by atoms with Gasteiger partial charge in [0.2, 0.25) is 0 Å². The summed E-state index contributed by atoms with van der Waals surface area (Å²) in [6.07, 6.45) is 2.36. The first kappa shape index (κ1) is 11.1. The summed E-state index contributed by atoms with van der Waals surface area (Å²) in [5.41, 5.74) is 1.03. The quantitative estimate of drug-likeness (QED) is 0.915. The molecular formula is C11H8ClNO2S. The zero-order valence-corrected chi connectivity index (χ0v) is 9.76. The smallest absolute Gasteiger partial charge is 0.337 e. The number of hydrogen-bond donors (Lipinski definition) is 1. The first-order valence-corrected chi connectivity index (χ1v) is 5.82. The molecule has 1 N–H and O–H groups in total. The molecule has 0 saturated carbocycles. The van der Waals surface area contributed by atoms with Crippen molar-refractivity contribution in [1.82, 2.24) is 4.98 Å². The van der Waals surface area contributed by atoms with Gasteiger partial charge < -0.3 is 5.11 Å². The Morgan fingerprint density at radius 1 is 1.50 bits per heavy atom. The molecule has 1 aromatic heterocycles. The summed E-state index contributed by atoms with van der Waals surface area (Å²) in [7, 11) is 0. The topological polar surface area (TPSA) is 50.2 Å². The van der Waals surface area contributed by atoms with Crippen LogP contribution in [0.2, 0.25) is 5.02 Å². The van der Waals surface area contributed by atoms with Crippen molar-refractivity contribution >= 4 is 28.9 Å². The molecule has 0 aliphatic rings. The van der Waals surface area contributed by atoms with Crippen molar-refractivity contribution in [2.45, 2.75) is 6.42 Å². The molecule has 0 saturated heterocycles. The molecule has 1 aromatic carbocycles. The van der Waals surface area contributed by atoms with Crippen LogP contribution < -0.4 is 0 Å². The van der Waals surface area contributed by atoms with E-state index >= 15 is 0 Å². The van der Waals surface area contributed by atoms with Gasteiger partial charge in [0, 0.05) is 18.0 Å². The third-order valence-corrected chi connectivity index (χ3v) is 3.21. The van der Waals surface area contributed by atoms with E-state index in [1.54, 1.807) is 29.7 Å². The fourth-order valence-corrected chi connectivity index (χ4v) is 2.21. The standard InChI is InChI=1S/C11H8ClNO2S/c12-9-2-1-7(5-8(9)11(14)15)6-10-13-3-4-16-10/h1-5H,6H2,(H,14,15). The zero-order valence-electron chi connectivity index (χ0n) is 8.18. The number of hydrogen-bond acceptors (Lipinski definition) is 3. The molecule has 16 heavy (non-hydrogen) atoms. The molecule has 1 heterocycles. The lowest BCUT2D eigenvalue weighted by Gasteiger charge is -2.02. The maximum Gasteiger partial charge on any atom is 0.337 e. The molecule has 0 unspecified atom stereocenters. The summed E-state index contributed by atoms with van der Waals surface area (Å²) >= 11 is 7.32. The third kappa shape index (κ3) is 2.40. The van der Waals surface area contributed by atoms with Crippen LogP contribution in [0, 0.1) is 0 Å². The number of aromatic nitrogens is 1. The van der Waals surface area contributed by atoms with Gasteiger partial charge >= 0.3 is 5.97 Å². The van der Waals surface area contributed by atoms with E-state index in [1.807, 2.05) is 11.4 Å². The second-order valence-corrected chi connectivity index (χ2v) is 4.61. The van der Waals surface area contributed by atoms with Gasteiger partial charge in [-0.25, -0.2) is 9.78 Å². The lowest BCUT2D eigenvalue weighted by atomic mass is 10.1. The minimum absolute atomic E-state index is 0.135. The summed E-state index contributed by atoms with van der Waals surface area (Å²) in [5.74, 6) is -1.01. The Morgan fingerprint density at radius 3 is 2.94 bits per heavy atom. The van der Waals surface area contributed by atoms with Crippen molar-refractivity contribution in [2.24, 2.45) is 0 Å². The van der Waals surface area contributed by atoms with E-state index < -0.39 is 5.97 Å². The molecule has 82 valence electrons. The van der Waals surface area contributed by atoms with Crippen molar-refractivity contribution in [3.63, 3.8) is 0 Å². The van der Waals surface area contributed by atoms with Gasteiger partial charge in [0.25, 0.3) is 0 Å². The predicted molar refractivity (Wildman–Crippen MR) is 63.3 cm³/mol. The predicted octanol–water partition coefficient (Wildman–Crippen LogP) is 3.09. The monoisotopic (exact) mass is 253 g/mol. The third-order valence-electron chi connectivity index (χ3n) is 2.10. The number of carboxylic acid groups (broad SMARTS) is 1. The lowest BCUT2D eigenvalue weighted by molar-refractivity contribution is 0.0697. The molecular weight excluding hydrogens is 246 g/mol. The highest BCUT2D eigenvalue weighted by Gasteiger charge is 2.09. The van der Waals surface area contributed by atoms with Gasteiger partial charge in [-0.3, -0.25) is 0 Å². The van der Waals surface area contributed by atoms with E-state index in [2.05, 4.69) is 4.98 Å². The number of carboxylic acids is 1. The largest absolute Gasteiger partial charge is 0.478 e. The highest BCUT2D eigenvalue weighted by atomic mass is 35.5. The first-order valence-electron chi connectivity index (χ1n) is 4.57. The molecule has 2 aromatic rings. The van der Waals surface area contributed by atoms with E-state index in [1.165, 1.54) is 0 Å². The zero-order chi connectivity index (χ0) is 11.5. The second kappa shape index (κ2) is 4.63. The summed E-state index contributed by atoms with van der Waals surface area (Å²) in [5, 5.41) is 12.0. The van der Waals surface area contributed by atoms with Crippen LogP contribution in [0.1, 0.15) is 20.9 Å². The molecule has 2 rings (SSSR count). The van der Waals surface area contributed by atoms with Crippen molar-refractivity contribution in [3.8, 4) is 0 Å². The van der Waals surface area contributed by atoms with Crippen LogP contribution >= 0.6 is 22.9 Å². The first-order chi connectivity index (χ1) is 7.66. The molecule has 0 amide bonds. The Morgan fingerprint density at radius 2 is 2.31 bits per heavy atom. The van der Waals surface area contributed by atoms with Crippen molar-refractivity contribution in [1.29, 1.82) is 0 Å². The molecule has 5 heteroatoms. The second-order valence-electron chi connectivity index (χ2n) is 3.22. The van der Waals surface area contributed by atoms with Crippen molar-refractivity contribution in [3.05, 3.63) is 50.9 Å². The molecule has 0 fully saturated rings. The van der Waals surface area contributed by atoms with Crippen LogP contribution in [-0.4, -0.2) is 16.1 Å². The van der Waals surface area contributed by atoms with E-state index in [4.69, 9.17) is 16.7 Å². The van der Waals surface area contributed by atoms with E-state index in [9.17, 15) is 4.79 Å². The molecule has 0 atom stereocenters. The molecule has 0 aliphatic heterocycles. The van der Waals surface area contributed by atoms with Crippen molar-refractivity contribution < 1.29 is 9.90 Å². The maximum absolute atomic E-state index is 10.9. The fraction of sp³-hybridized carbons (Fsp3) is 0.0909. The Bertz CT molecular complexity index is 511. The molecule has 0 aliphatic carbocycles. The van der Waals surface area contributed by atoms with Crippen LogP contribution in [0.4, 0.5) is 0 Å². The fourth-order valence-electron chi connectivity index (χ4n) is 1.36. The highest BCUT2D eigenvalue weighted by molar-refractivity contribution is 7.09. The molecule has 3 nitrogen and oxygen atoms in total. The number of benzene rings is 1. The minimum atomic E-state index is -1.01. The van der Waals surface area contributed by atoms with Gasteiger partial charge in [-0.15, -0.1) is 11.3 Å². The highest BCUT2D eigenvalue weighted by Crippen LogP contribution is 2.20. The summed E-state index contributed by atoms with van der Waals surface area (Å²) in [6, 6.07) is 5.01. The van der Waals surface area contributed by atoms with Crippen LogP contribution in [0.5, 0.6) is 0 Å². The van der Waals surface area contributed by atoms with Gasteiger partial charge in [0.05, 0.1) is 15.6 Å². The SMILES string of the molecule is O=C(O)c1cc(Cc2nccs2)ccc1Cl. The number of carbonyl (C=O) groups is 1. The average Bonchev–Trinajstić information content (AvgIpc) is 2.73. The minimum Gasteiger partial charge on any atom is -0.478 e. The normalized spacial score (nSPS) is 10.3. The van der Waals surface area contributed by atoms with Crippen LogP contribution in [0.3, 0.4) is 0 Å². The summed E-state index contributed by atoms with van der Waals surface area (Å²) in [4.78, 5) is 15.0. The average molecular weight is 254 g/mol. The molecule has 0 bridgehead atoms. The van der Waals surface area contributed by atoms with Crippen molar-refractivity contribution in [2.75, 3.05) is 0 Å². The van der Waals surface area contributed by atoms with E-state index in [-0.39, 0.29) is 10.6 Å². The van der Waals surface area contributed by atoms with Gasteiger partial charge in [-0.1, -0.05) is 17.7 Å². The summed E-state index contributed by atoms with van der Waals surface area (Å²) < 4.78 is 0. The number of aromatic carboxylic acids is 1.